The van der Waals surface area contributed by atoms with Crippen molar-refractivity contribution in [3.63, 3.8) is 0 Å². The van der Waals surface area contributed by atoms with Crippen molar-refractivity contribution in [3.05, 3.63) is 90.0 Å². The molecule has 0 aromatic heterocycles. The number of aliphatic carboxylic acids is 1. The number of benzene rings is 3. The van der Waals surface area contributed by atoms with E-state index >= 15 is 0 Å². The Morgan fingerprint density at radius 1 is 1.00 bits per heavy atom. The molecule has 208 valence electrons. The SMILES string of the molecule is CC(C)CC(NC(=O)c1ccc2c(c1)NC(=O)CC(c1ccccc1)N2C(=O)C(C)Oc1ccccc1)C(=O)O. The molecule has 3 unspecified atom stereocenters. The molecule has 3 aromatic carbocycles. The van der Waals surface area contributed by atoms with Gasteiger partial charge >= 0.3 is 5.97 Å². The molecule has 9 nitrogen and oxygen atoms in total. The predicted octanol–water partition coefficient (Wildman–Crippen LogP) is 4.80. The Bertz CT molecular complexity index is 1380. The van der Waals surface area contributed by atoms with Gasteiger partial charge in [0.1, 0.15) is 11.8 Å². The maximum absolute atomic E-state index is 14.0. The van der Waals surface area contributed by atoms with Gasteiger partial charge in [0.25, 0.3) is 11.8 Å². The van der Waals surface area contributed by atoms with Gasteiger partial charge in [-0.1, -0.05) is 62.4 Å². The number of nitrogens with zero attached hydrogens (tertiary/aromatic N) is 1. The molecule has 0 radical (unpaired) electrons. The van der Waals surface area contributed by atoms with Crippen molar-refractivity contribution in [1.29, 1.82) is 0 Å². The van der Waals surface area contributed by atoms with Crippen LogP contribution in [0, 0.1) is 5.92 Å². The van der Waals surface area contributed by atoms with Gasteiger partial charge in [0.2, 0.25) is 5.91 Å². The summed E-state index contributed by atoms with van der Waals surface area (Å²) < 4.78 is 5.94. The van der Waals surface area contributed by atoms with Crippen LogP contribution in [0.15, 0.2) is 78.9 Å². The van der Waals surface area contributed by atoms with Crippen LogP contribution in [0.5, 0.6) is 5.75 Å². The summed E-state index contributed by atoms with van der Waals surface area (Å²) in [4.78, 5) is 53.3. The van der Waals surface area contributed by atoms with E-state index in [9.17, 15) is 24.3 Å². The minimum Gasteiger partial charge on any atom is -0.481 e. The second-order valence-corrected chi connectivity index (χ2v) is 10.2. The monoisotopic (exact) mass is 543 g/mol. The van der Waals surface area contributed by atoms with Crippen molar-refractivity contribution in [1.82, 2.24) is 5.32 Å². The molecule has 40 heavy (non-hydrogen) atoms. The average Bonchev–Trinajstić information content (AvgIpc) is 3.08. The molecule has 3 N–H and O–H groups in total. The summed E-state index contributed by atoms with van der Waals surface area (Å²) in [5, 5.41) is 14.9. The zero-order valence-electron chi connectivity index (χ0n) is 22.7. The fourth-order valence-corrected chi connectivity index (χ4v) is 4.72. The Labute approximate surface area is 233 Å². The first-order chi connectivity index (χ1) is 19.1. The molecule has 0 aliphatic carbocycles. The number of anilines is 2. The van der Waals surface area contributed by atoms with E-state index in [4.69, 9.17) is 4.74 Å². The Morgan fingerprint density at radius 2 is 1.65 bits per heavy atom. The summed E-state index contributed by atoms with van der Waals surface area (Å²) in [6.45, 7) is 5.40. The van der Waals surface area contributed by atoms with Crippen LogP contribution in [-0.2, 0) is 14.4 Å². The fraction of sp³-hybridized carbons (Fsp3) is 0.290. The largest absolute Gasteiger partial charge is 0.481 e. The van der Waals surface area contributed by atoms with Crippen molar-refractivity contribution >= 4 is 35.1 Å². The Kier molecular flexibility index (Phi) is 8.83. The zero-order valence-corrected chi connectivity index (χ0v) is 22.7. The summed E-state index contributed by atoms with van der Waals surface area (Å²) >= 11 is 0. The summed E-state index contributed by atoms with van der Waals surface area (Å²) in [6.07, 6.45) is -0.632. The second-order valence-electron chi connectivity index (χ2n) is 10.2. The van der Waals surface area contributed by atoms with E-state index in [1.807, 2.05) is 62.4 Å². The van der Waals surface area contributed by atoms with Gasteiger partial charge in [-0.15, -0.1) is 0 Å². The molecule has 1 aliphatic rings. The molecule has 0 spiro atoms. The highest BCUT2D eigenvalue weighted by atomic mass is 16.5. The van der Waals surface area contributed by atoms with Crippen LogP contribution in [0.2, 0.25) is 0 Å². The van der Waals surface area contributed by atoms with Crippen LogP contribution >= 0.6 is 0 Å². The van der Waals surface area contributed by atoms with Gasteiger partial charge in [0.05, 0.1) is 23.8 Å². The topological polar surface area (TPSA) is 125 Å². The third-order valence-electron chi connectivity index (χ3n) is 6.62. The lowest BCUT2D eigenvalue weighted by Crippen LogP contribution is -2.43. The Balaban J connectivity index is 1.71. The van der Waals surface area contributed by atoms with Gasteiger partial charge in [-0.2, -0.15) is 0 Å². The lowest BCUT2D eigenvalue weighted by Gasteiger charge is -2.33. The van der Waals surface area contributed by atoms with E-state index in [2.05, 4.69) is 10.6 Å². The molecule has 1 heterocycles. The number of carbonyl (C=O) groups is 4. The lowest BCUT2D eigenvalue weighted by atomic mass is 10.00. The molecular formula is C31H33N3O6. The molecule has 1 aliphatic heterocycles. The first-order valence-electron chi connectivity index (χ1n) is 13.2. The highest BCUT2D eigenvalue weighted by Crippen LogP contribution is 2.39. The van der Waals surface area contributed by atoms with Crippen LogP contribution in [-0.4, -0.2) is 40.9 Å². The van der Waals surface area contributed by atoms with Crippen LogP contribution in [0.25, 0.3) is 0 Å². The summed E-state index contributed by atoms with van der Waals surface area (Å²) in [5.74, 6) is -1.82. The first-order valence-corrected chi connectivity index (χ1v) is 13.2. The summed E-state index contributed by atoms with van der Waals surface area (Å²) in [5.41, 5.74) is 1.60. The van der Waals surface area contributed by atoms with Crippen molar-refractivity contribution in [2.75, 3.05) is 10.2 Å². The standard InChI is InChI=1S/C31H33N3O6/c1-19(2)16-25(31(38)39)33-29(36)22-14-15-26-24(17-22)32-28(35)18-27(21-10-6-4-7-11-21)34(26)30(37)20(3)40-23-12-8-5-9-13-23/h4-15,17,19-20,25,27H,16,18H2,1-3H3,(H,32,35)(H,33,36)(H,38,39). The van der Waals surface area contributed by atoms with Gasteiger partial charge < -0.3 is 20.5 Å². The van der Waals surface area contributed by atoms with E-state index in [1.54, 1.807) is 25.1 Å². The number of ether oxygens (including phenoxy) is 1. The molecule has 0 fully saturated rings. The van der Waals surface area contributed by atoms with Gasteiger partial charge in [0, 0.05) is 5.56 Å². The molecule has 3 amide bonds. The normalized spacial score (nSPS) is 16.2. The molecule has 3 aromatic rings. The van der Waals surface area contributed by atoms with Gasteiger partial charge in [-0.3, -0.25) is 19.3 Å². The third kappa shape index (κ3) is 6.66. The second kappa shape index (κ2) is 12.5. The first kappa shape index (κ1) is 28.4. The number of carboxylic acids is 1. The lowest BCUT2D eigenvalue weighted by molar-refractivity contribution is -0.139. The molecule has 3 atom stereocenters. The highest BCUT2D eigenvalue weighted by Gasteiger charge is 2.36. The molecule has 0 saturated carbocycles. The molecule has 9 heteroatoms. The van der Waals surface area contributed by atoms with E-state index in [0.717, 1.165) is 5.56 Å². The number of carboxylic acid groups (broad SMARTS) is 1. The number of carbonyl (C=O) groups excluding carboxylic acids is 3. The van der Waals surface area contributed by atoms with Crippen molar-refractivity contribution in [2.45, 2.75) is 51.8 Å². The average molecular weight is 544 g/mol. The number of para-hydroxylation sites is 1. The van der Waals surface area contributed by atoms with Crippen LogP contribution in [0.4, 0.5) is 11.4 Å². The van der Waals surface area contributed by atoms with Gasteiger partial charge in [0.15, 0.2) is 6.10 Å². The van der Waals surface area contributed by atoms with E-state index in [1.165, 1.54) is 17.0 Å². The Hall–Kier alpha value is -4.66. The molecule has 0 saturated heterocycles. The number of nitrogens with one attached hydrogen (secondary N) is 2. The number of hydrogen-bond donors (Lipinski definition) is 3. The summed E-state index contributed by atoms with van der Waals surface area (Å²) in [7, 11) is 0. The molecular weight excluding hydrogens is 510 g/mol. The zero-order chi connectivity index (χ0) is 28.8. The number of rotatable bonds is 9. The summed E-state index contributed by atoms with van der Waals surface area (Å²) in [6, 6.07) is 21.1. The van der Waals surface area contributed by atoms with Crippen LogP contribution in [0.1, 0.15) is 55.6 Å². The predicted molar refractivity (Wildman–Crippen MR) is 151 cm³/mol. The van der Waals surface area contributed by atoms with E-state index < -0.39 is 30.1 Å². The molecule has 4 rings (SSSR count). The van der Waals surface area contributed by atoms with Gasteiger partial charge in [-0.25, -0.2) is 4.79 Å². The van der Waals surface area contributed by atoms with E-state index in [-0.39, 0.29) is 41.8 Å². The fourth-order valence-electron chi connectivity index (χ4n) is 4.72. The van der Waals surface area contributed by atoms with Crippen molar-refractivity contribution < 1.29 is 29.0 Å². The van der Waals surface area contributed by atoms with E-state index in [0.29, 0.717) is 11.4 Å². The highest BCUT2D eigenvalue weighted by molar-refractivity contribution is 6.08. The van der Waals surface area contributed by atoms with Crippen molar-refractivity contribution in [3.8, 4) is 5.75 Å². The number of fused-ring (bicyclic) bond motifs is 1. The Morgan fingerprint density at radius 3 is 2.27 bits per heavy atom. The maximum atomic E-state index is 14.0. The minimum atomic E-state index is -1.13. The van der Waals surface area contributed by atoms with Gasteiger partial charge in [-0.05, 0) is 55.2 Å². The molecule has 0 bridgehead atoms. The van der Waals surface area contributed by atoms with Crippen molar-refractivity contribution in [2.24, 2.45) is 5.92 Å². The number of amides is 3. The van der Waals surface area contributed by atoms with Crippen LogP contribution in [0.3, 0.4) is 0 Å². The third-order valence-corrected chi connectivity index (χ3v) is 6.62. The minimum absolute atomic E-state index is 0.0144. The quantitative estimate of drug-likeness (QED) is 0.356. The smallest absolute Gasteiger partial charge is 0.326 e. The number of hydrogen-bond acceptors (Lipinski definition) is 5. The van der Waals surface area contributed by atoms with Crippen LogP contribution < -0.4 is 20.3 Å². The maximum Gasteiger partial charge on any atom is 0.326 e.